The lowest BCUT2D eigenvalue weighted by molar-refractivity contribution is -0.123. The van der Waals surface area contributed by atoms with Crippen molar-refractivity contribution in [1.29, 1.82) is 0 Å². The summed E-state index contributed by atoms with van der Waals surface area (Å²) in [6.45, 7) is 7.88. The van der Waals surface area contributed by atoms with Crippen molar-refractivity contribution >= 4 is 5.91 Å². The first-order valence-electron chi connectivity index (χ1n) is 9.10. The third kappa shape index (κ3) is 3.45. The van der Waals surface area contributed by atoms with Crippen LogP contribution in [0, 0.1) is 5.92 Å². The average Bonchev–Trinajstić information content (AvgIpc) is 2.75. The molecule has 1 aromatic carbocycles. The summed E-state index contributed by atoms with van der Waals surface area (Å²) >= 11 is 0. The van der Waals surface area contributed by atoms with Crippen molar-refractivity contribution < 1.29 is 4.79 Å². The van der Waals surface area contributed by atoms with Crippen LogP contribution in [0.15, 0.2) is 30.3 Å². The summed E-state index contributed by atoms with van der Waals surface area (Å²) in [4.78, 5) is 14.9. The lowest BCUT2D eigenvalue weighted by Crippen LogP contribution is -2.55. The molecule has 1 amide bonds. The third-order valence-electron chi connectivity index (χ3n) is 5.73. The van der Waals surface area contributed by atoms with E-state index >= 15 is 0 Å². The predicted molar refractivity (Wildman–Crippen MR) is 94.0 cm³/mol. The summed E-state index contributed by atoms with van der Waals surface area (Å²) in [6.07, 6.45) is 5.11. The van der Waals surface area contributed by atoms with Crippen LogP contribution < -0.4 is 5.32 Å². The quantitative estimate of drug-likeness (QED) is 0.922. The topological polar surface area (TPSA) is 32.3 Å². The van der Waals surface area contributed by atoms with Gasteiger partial charge in [0.05, 0.1) is 5.54 Å². The molecule has 3 heteroatoms. The molecule has 0 unspecified atom stereocenters. The fourth-order valence-electron chi connectivity index (χ4n) is 4.55. The van der Waals surface area contributed by atoms with E-state index in [1.54, 1.807) is 0 Å². The standard InChI is InChI=1S/C20H30N2O/c1-15(2)17-13-20(3)18(11-7-8-12-19(23)21-20)22(17)14-16-9-5-4-6-10-16/h4-6,9-10,15,17-18H,7-8,11-14H2,1-3H3,(H,21,23)/t17-,18-,20-/m0/s1. The van der Waals surface area contributed by atoms with E-state index in [1.165, 1.54) is 12.0 Å². The second-order valence-corrected chi connectivity index (χ2v) is 7.90. The highest BCUT2D eigenvalue weighted by atomic mass is 16.1. The van der Waals surface area contributed by atoms with Gasteiger partial charge in [-0.05, 0) is 37.7 Å². The number of benzene rings is 1. The first-order chi connectivity index (χ1) is 11.0. The van der Waals surface area contributed by atoms with E-state index in [4.69, 9.17) is 0 Å². The summed E-state index contributed by atoms with van der Waals surface area (Å²) in [7, 11) is 0. The number of likely N-dealkylation sites (tertiary alicyclic amines) is 1. The van der Waals surface area contributed by atoms with Crippen LogP contribution in [0.2, 0.25) is 0 Å². The van der Waals surface area contributed by atoms with Gasteiger partial charge in [0.25, 0.3) is 0 Å². The van der Waals surface area contributed by atoms with Crippen LogP contribution in [0.25, 0.3) is 0 Å². The van der Waals surface area contributed by atoms with Gasteiger partial charge in [-0.1, -0.05) is 50.6 Å². The molecule has 2 saturated heterocycles. The number of carbonyl (C=O) groups is 1. The van der Waals surface area contributed by atoms with Crippen molar-refractivity contribution in [3.8, 4) is 0 Å². The molecular formula is C20H30N2O. The Balaban J connectivity index is 1.89. The highest BCUT2D eigenvalue weighted by Gasteiger charge is 2.50. The Kier molecular flexibility index (Phi) is 4.77. The molecule has 2 aliphatic rings. The molecular weight excluding hydrogens is 284 g/mol. The van der Waals surface area contributed by atoms with Crippen LogP contribution >= 0.6 is 0 Å². The summed E-state index contributed by atoms with van der Waals surface area (Å²) in [6, 6.07) is 11.7. The number of hydrogen-bond donors (Lipinski definition) is 1. The lowest BCUT2D eigenvalue weighted by atomic mass is 9.85. The fourth-order valence-corrected chi connectivity index (χ4v) is 4.55. The van der Waals surface area contributed by atoms with Gasteiger partial charge in [-0.15, -0.1) is 0 Å². The molecule has 1 N–H and O–H groups in total. The molecule has 3 nitrogen and oxygen atoms in total. The molecule has 0 saturated carbocycles. The lowest BCUT2D eigenvalue weighted by Gasteiger charge is -2.38. The molecule has 0 aliphatic carbocycles. The Morgan fingerprint density at radius 1 is 1.26 bits per heavy atom. The van der Waals surface area contributed by atoms with E-state index < -0.39 is 0 Å². The van der Waals surface area contributed by atoms with Gasteiger partial charge in [0.1, 0.15) is 0 Å². The number of nitrogens with one attached hydrogen (secondary N) is 1. The van der Waals surface area contributed by atoms with Gasteiger partial charge >= 0.3 is 0 Å². The molecule has 126 valence electrons. The molecule has 0 bridgehead atoms. The number of fused-ring (bicyclic) bond motifs is 1. The predicted octanol–water partition coefficient (Wildman–Crippen LogP) is 3.73. The number of carbonyl (C=O) groups excluding carboxylic acids is 1. The highest BCUT2D eigenvalue weighted by Crippen LogP contribution is 2.41. The minimum Gasteiger partial charge on any atom is -0.349 e. The first kappa shape index (κ1) is 16.5. The summed E-state index contributed by atoms with van der Waals surface area (Å²) in [5, 5.41) is 3.38. The van der Waals surface area contributed by atoms with Crippen molar-refractivity contribution in [3.63, 3.8) is 0 Å². The van der Waals surface area contributed by atoms with Crippen LogP contribution in [0.5, 0.6) is 0 Å². The van der Waals surface area contributed by atoms with Crippen molar-refractivity contribution in [1.82, 2.24) is 10.2 Å². The maximum absolute atomic E-state index is 12.2. The highest BCUT2D eigenvalue weighted by molar-refractivity contribution is 5.77. The normalized spacial score (nSPS) is 32.3. The Hall–Kier alpha value is -1.35. The SMILES string of the molecule is CC(C)[C@@H]1C[C@]2(C)NC(=O)CCCC[C@@H]2N1Cc1ccccc1. The molecule has 0 radical (unpaired) electrons. The molecule has 2 fully saturated rings. The maximum Gasteiger partial charge on any atom is 0.220 e. The molecule has 2 aliphatic heterocycles. The Labute approximate surface area is 140 Å². The minimum atomic E-state index is -0.0821. The zero-order valence-corrected chi connectivity index (χ0v) is 14.7. The molecule has 0 spiro atoms. The van der Waals surface area contributed by atoms with Gasteiger partial charge in [-0.2, -0.15) is 0 Å². The third-order valence-corrected chi connectivity index (χ3v) is 5.73. The Bertz CT molecular complexity index is 542. The number of hydrogen-bond acceptors (Lipinski definition) is 2. The van der Waals surface area contributed by atoms with Crippen LogP contribution in [0.3, 0.4) is 0 Å². The zero-order valence-electron chi connectivity index (χ0n) is 14.7. The van der Waals surface area contributed by atoms with Gasteiger partial charge in [-0.3, -0.25) is 9.69 Å². The summed E-state index contributed by atoms with van der Waals surface area (Å²) in [5.41, 5.74) is 1.29. The largest absolute Gasteiger partial charge is 0.349 e. The fraction of sp³-hybridized carbons (Fsp3) is 0.650. The summed E-state index contributed by atoms with van der Waals surface area (Å²) < 4.78 is 0. The maximum atomic E-state index is 12.2. The van der Waals surface area contributed by atoms with Crippen molar-refractivity contribution in [2.75, 3.05) is 0 Å². The summed E-state index contributed by atoms with van der Waals surface area (Å²) in [5.74, 6) is 0.835. The Morgan fingerprint density at radius 2 is 2.00 bits per heavy atom. The van der Waals surface area contributed by atoms with Gasteiger partial charge < -0.3 is 5.32 Å². The number of rotatable bonds is 3. The molecule has 23 heavy (non-hydrogen) atoms. The van der Waals surface area contributed by atoms with Crippen molar-refractivity contribution in [2.45, 2.75) is 77.0 Å². The van der Waals surface area contributed by atoms with Crippen LogP contribution in [0.1, 0.15) is 58.4 Å². The van der Waals surface area contributed by atoms with E-state index in [1.807, 2.05) is 0 Å². The van der Waals surface area contributed by atoms with E-state index in [-0.39, 0.29) is 11.4 Å². The molecule has 2 heterocycles. The molecule has 0 aromatic heterocycles. The van der Waals surface area contributed by atoms with E-state index in [0.29, 0.717) is 24.4 Å². The molecule has 3 atom stereocenters. The second kappa shape index (κ2) is 6.64. The van der Waals surface area contributed by atoms with Gasteiger partial charge in [0.2, 0.25) is 5.91 Å². The van der Waals surface area contributed by atoms with Crippen molar-refractivity contribution in [2.24, 2.45) is 5.92 Å². The van der Waals surface area contributed by atoms with Crippen molar-refractivity contribution in [3.05, 3.63) is 35.9 Å². The van der Waals surface area contributed by atoms with E-state index in [9.17, 15) is 4.79 Å². The average molecular weight is 314 g/mol. The monoisotopic (exact) mass is 314 g/mol. The minimum absolute atomic E-state index is 0.0821. The van der Waals surface area contributed by atoms with Gasteiger partial charge in [0.15, 0.2) is 0 Å². The van der Waals surface area contributed by atoms with Crippen LogP contribution in [0.4, 0.5) is 0 Å². The van der Waals surface area contributed by atoms with Gasteiger partial charge in [-0.25, -0.2) is 0 Å². The first-order valence-corrected chi connectivity index (χ1v) is 9.10. The molecule has 3 rings (SSSR count). The van der Waals surface area contributed by atoms with E-state index in [2.05, 4.69) is 61.3 Å². The second-order valence-electron chi connectivity index (χ2n) is 7.90. The number of amides is 1. The smallest absolute Gasteiger partial charge is 0.220 e. The zero-order chi connectivity index (χ0) is 16.4. The van der Waals surface area contributed by atoms with Crippen LogP contribution in [-0.2, 0) is 11.3 Å². The molecule has 1 aromatic rings. The van der Waals surface area contributed by atoms with Gasteiger partial charge in [0, 0.05) is 25.0 Å². The number of nitrogens with zero attached hydrogens (tertiary/aromatic N) is 1. The van der Waals surface area contributed by atoms with Crippen LogP contribution in [-0.4, -0.2) is 28.4 Å². The Morgan fingerprint density at radius 3 is 2.70 bits per heavy atom. The van der Waals surface area contributed by atoms with E-state index in [0.717, 1.165) is 25.8 Å².